The Bertz CT molecular complexity index is 2440. The van der Waals surface area contributed by atoms with E-state index in [2.05, 4.69) is 75.4 Å². The second-order valence-electron chi connectivity index (χ2n) is 18.1. The molecule has 0 saturated carbocycles. The summed E-state index contributed by atoms with van der Waals surface area (Å²) >= 11 is 3.35. The molecule has 2 aliphatic rings. The zero-order valence-electron chi connectivity index (χ0n) is 37.4. The van der Waals surface area contributed by atoms with Gasteiger partial charge in [0.25, 0.3) is 0 Å². The van der Waals surface area contributed by atoms with E-state index in [9.17, 15) is 19.5 Å². The Morgan fingerprint density at radius 1 is 0.919 bits per heavy atom. The number of thiazole rings is 1. The van der Waals surface area contributed by atoms with Crippen molar-refractivity contribution in [3.05, 3.63) is 104 Å². The molecule has 0 unspecified atom stereocenters. The molecule has 62 heavy (non-hydrogen) atoms. The Morgan fingerprint density at radius 3 is 2.29 bits per heavy atom. The van der Waals surface area contributed by atoms with E-state index in [4.69, 9.17) is 4.99 Å². The molecule has 0 radical (unpaired) electrons. The average molecular weight is 877 g/mol. The highest BCUT2D eigenvalue weighted by molar-refractivity contribution is 7.15. The second-order valence-corrected chi connectivity index (χ2v) is 20.1. The highest BCUT2D eigenvalue weighted by Gasteiger charge is 2.44. The molecule has 2 aromatic carbocycles. The molecule has 0 spiro atoms. The van der Waals surface area contributed by atoms with Gasteiger partial charge < -0.3 is 20.6 Å². The fourth-order valence-electron chi connectivity index (χ4n) is 8.53. The lowest BCUT2D eigenvalue weighted by Crippen LogP contribution is -2.57. The minimum absolute atomic E-state index is 0.0343. The molecule has 3 aromatic heterocycles. The fourth-order valence-corrected chi connectivity index (χ4v) is 10.6. The Hall–Kier alpha value is -5.05. The highest BCUT2D eigenvalue weighted by atomic mass is 32.1. The number of benzene rings is 2. The molecule has 1 fully saturated rings. The number of carbonyl (C=O) groups excluding carboxylic acids is 3. The van der Waals surface area contributed by atoms with Gasteiger partial charge in [0.1, 0.15) is 29.0 Å². The van der Waals surface area contributed by atoms with Crippen LogP contribution >= 0.6 is 22.7 Å². The number of fused-ring (bicyclic) bond motifs is 3. The van der Waals surface area contributed by atoms with Gasteiger partial charge in [-0.3, -0.25) is 23.9 Å². The molecule has 7 rings (SSSR count). The Balaban J connectivity index is 0.885. The largest absolute Gasteiger partial charge is 0.391 e. The first-order valence-electron chi connectivity index (χ1n) is 21.8. The van der Waals surface area contributed by atoms with Crippen LogP contribution in [0.4, 0.5) is 0 Å². The van der Waals surface area contributed by atoms with Crippen LogP contribution in [-0.2, 0) is 20.8 Å². The smallest absolute Gasteiger partial charge is 0.246 e. The van der Waals surface area contributed by atoms with Crippen molar-refractivity contribution in [2.45, 2.75) is 138 Å². The predicted octanol–water partition coefficient (Wildman–Crippen LogP) is 8.46. The van der Waals surface area contributed by atoms with Gasteiger partial charge in [-0.2, -0.15) is 0 Å². The Morgan fingerprint density at radius 2 is 1.61 bits per heavy atom. The van der Waals surface area contributed by atoms with Gasteiger partial charge in [0, 0.05) is 35.4 Å². The minimum atomic E-state index is -0.853. The van der Waals surface area contributed by atoms with Gasteiger partial charge in [0.05, 0.1) is 33.9 Å². The summed E-state index contributed by atoms with van der Waals surface area (Å²) in [6.45, 7) is 18.0. The van der Waals surface area contributed by atoms with Gasteiger partial charge in [-0.05, 0) is 88.5 Å². The molecule has 1 saturated heterocycles. The molecule has 5 atom stereocenters. The number of aliphatic imine (C=N–C) groups is 1. The molecule has 5 aromatic rings. The summed E-state index contributed by atoms with van der Waals surface area (Å²) < 4.78 is 2.16. The van der Waals surface area contributed by atoms with Crippen LogP contribution in [0.3, 0.4) is 0 Å². The summed E-state index contributed by atoms with van der Waals surface area (Å²) in [6, 6.07) is 14.6. The second kappa shape index (κ2) is 18.7. The normalized spacial score (nSPS) is 18.4. The van der Waals surface area contributed by atoms with Gasteiger partial charge >= 0.3 is 0 Å². The lowest BCUT2D eigenvalue weighted by Gasteiger charge is -2.35. The SMILES string of the molecule is Cc1ncsc1-c1ccc([C@H](C)NC(=O)[C@@H]2C[C@@H](O)CN2C(=O)[C@@H](NC(=O)CCCCCCc2ccc(C3=N[C@@H](C)c4nnc(C)n4-c4sc(C)c(C)c43)cc2)C(C)(C)C)cc1. The van der Waals surface area contributed by atoms with Crippen LogP contribution in [0.1, 0.15) is 135 Å². The molecule has 0 bridgehead atoms. The zero-order valence-corrected chi connectivity index (χ0v) is 39.0. The van der Waals surface area contributed by atoms with Crippen molar-refractivity contribution in [2.75, 3.05) is 6.54 Å². The van der Waals surface area contributed by atoms with E-state index >= 15 is 0 Å². The number of nitrogens with one attached hydrogen (secondary N) is 2. The van der Waals surface area contributed by atoms with Crippen molar-refractivity contribution >= 4 is 46.1 Å². The van der Waals surface area contributed by atoms with Crippen LogP contribution in [0.2, 0.25) is 0 Å². The maximum absolute atomic E-state index is 14.1. The van der Waals surface area contributed by atoms with Gasteiger partial charge in [-0.25, -0.2) is 4.98 Å². The molecule has 12 nitrogen and oxygen atoms in total. The topological polar surface area (TPSA) is 155 Å². The quantitative estimate of drug-likeness (QED) is 0.0946. The number of unbranched alkanes of at least 4 members (excludes halogenated alkanes) is 3. The molecule has 5 heterocycles. The van der Waals surface area contributed by atoms with Crippen molar-refractivity contribution < 1.29 is 19.5 Å². The van der Waals surface area contributed by atoms with Gasteiger partial charge in [-0.1, -0.05) is 82.1 Å². The summed E-state index contributed by atoms with van der Waals surface area (Å²) in [4.78, 5) is 54.5. The number of hydrogen-bond acceptors (Lipinski definition) is 10. The van der Waals surface area contributed by atoms with Crippen LogP contribution in [0.15, 0.2) is 59.0 Å². The van der Waals surface area contributed by atoms with E-state index in [1.807, 2.05) is 71.3 Å². The van der Waals surface area contributed by atoms with Crippen LogP contribution in [-0.4, -0.2) is 77.9 Å². The third-order valence-electron chi connectivity index (χ3n) is 12.3. The molecule has 3 amide bonds. The van der Waals surface area contributed by atoms with Crippen LogP contribution in [0.5, 0.6) is 0 Å². The summed E-state index contributed by atoms with van der Waals surface area (Å²) in [5.41, 5.74) is 9.92. The molecular weight excluding hydrogens is 817 g/mol. The number of carbonyl (C=O) groups is 3. The molecule has 3 N–H and O–H groups in total. The van der Waals surface area contributed by atoms with Gasteiger partial charge in [0.15, 0.2) is 5.82 Å². The first-order valence-corrected chi connectivity index (χ1v) is 23.5. The number of aryl methyl sites for hydroxylation is 4. The van der Waals surface area contributed by atoms with E-state index < -0.39 is 23.6 Å². The first kappa shape index (κ1) is 45.0. The number of hydrogen-bond donors (Lipinski definition) is 3. The maximum Gasteiger partial charge on any atom is 0.246 e. The van der Waals surface area contributed by atoms with Crippen molar-refractivity contribution in [1.29, 1.82) is 0 Å². The van der Waals surface area contributed by atoms with E-state index in [1.165, 1.54) is 20.9 Å². The van der Waals surface area contributed by atoms with Crippen molar-refractivity contribution in [1.82, 2.24) is 35.3 Å². The van der Waals surface area contributed by atoms with Crippen LogP contribution in [0, 0.1) is 33.1 Å². The van der Waals surface area contributed by atoms with Crippen molar-refractivity contribution in [3.63, 3.8) is 0 Å². The Kier molecular flexibility index (Phi) is 13.6. The lowest BCUT2D eigenvalue weighted by atomic mass is 9.85. The van der Waals surface area contributed by atoms with E-state index in [0.29, 0.717) is 12.8 Å². The average Bonchev–Trinajstić information content (AvgIpc) is 4.00. The van der Waals surface area contributed by atoms with Crippen LogP contribution in [0.25, 0.3) is 15.4 Å². The number of aromatic nitrogens is 4. The van der Waals surface area contributed by atoms with Crippen molar-refractivity contribution in [3.8, 4) is 15.4 Å². The summed E-state index contributed by atoms with van der Waals surface area (Å²) in [5, 5.41) is 26.7. The molecule has 14 heteroatoms. The fraction of sp³-hybridized carbons (Fsp3) is 0.479. The number of likely N-dealkylation sites (tertiary alicyclic amines) is 1. The monoisotopic (exact) mass is 876 g/mol. The number of amides is 3. The van der Waals surface area contributed by atoms with Crippen LogP contribution < -0.4 is 10.6 Å². The highest BCUT2D eigenvalue weighted by Crippen LogP contribution is 2.39. The minimum Gasteiger partial charge on any atom is -0.391 e. The number of aliphatic hydroxyl groups is 1. The zero-order chi connectivity index (χ0) is 44.5. The van der Waals surface area contributed by atoms with Crippen molar-refractivity contribution in [2.24, 2.45) is 10.4 Å². The van der Waals surface area contributed by atoms with E-state index in [0.717, 1.165) is 80.9 Å². The third kappa shape index (κ3) is 9.62. The summed E-state index contributed by atoms with van der Waals surface area (Å²) in [6.07, 6.45) is 4.12. The third-order valence-corrected chi connectivity index (χ3v) is 14.4. The standard InChI is InChI=1S/C48H60N8O4S2/c1-27-31(5)62-47-40(27)41(50-30(4)44-54-53-32(6)56(44)47)35-18-16-33(17-19-35)14-12-10-11-13-15-39(58)52-43(48(7,8)9)46(60)55-25-37(57)24-38(55)45(59)51-28(2)34-20-22-36(23-21-34)42-29(3)49-26-61-42/h16-23,26,28,30,37-38,43,57H,10-15,24-25H2,1-9H3,(H,51,59)(H,52,58)/t28-,30-,37+,38-,43+/m0/s1. The number of thiophene rings is 1. The summed E-state index contributed by atoms with van der Waals surface area (Å²) in [5.74, 6) is 0.860. The lowest BCUT2D eigenvalue weighted by molar-refractivity contribution is -0.144. The van der Waals surface area contributed by atoms with E-state index in [1.54, 1.807) is 22.7 Å². The first-order chi connectivity index (χ1) is 29.5. The Labute approximate surface area is 373 Å². The maximum atomic E-state index is 14.1. The summed E-state index contributed by atoms with van der Waals surface area (Å²) in [7, 11) is 0. The van der Waals surface area contributed by atoms with Gasteiger partial charge in [0.2, 0.25) is 17.7 Å². The molecule has 0 aliphatic carbocycles. The van der Waals surface area contributed by atoms with Gasteiger partial charge in [-0.15, -0.1) is 32.9 Å². The van der Waals surface area contributed by atoms with E-state index in [-0.39, 0.29) is 42.8 Å². The molecule has 2 aliphatic heterocycles. The number of nitrogens with zero attached hydrogens (tertiary/aromatic N) is 6. The number of β-amino-alcohol motifs (C(OH)–C–C–N with tert-alkyl or cyclic N) is 1. The predicted molar refractivity (Wildman–Crippen MR) is 247 cm³/mol. The number of rotatable bonds is 14. The molecular formula is C48H60N8O4S2. The number of aliphatic hydroxyl groups excluding tert-OH is 1. The molecule has 328 valence electrons.